The first-order valence-corrected chi connectivity index (χ1v) is 7.47. The molecule has 0 atom stereocenters. The third-order valence-corrected chi connectivity index (χ3v) is 3.95. The Morgan fingerprint density at radius 3 is 2.81 bits per heavy atom. The van der Waals surface area contributed by atoms with Gasteiger partial charge in [0.1, 0.15) is 5.69 Å². The van der Waals surface area contributed by atoms with E-state index < -0.39 is 0 Å². The number of carbonyl (C=O) groups is 1. The molecule has 1 aromatic heterocycles. The number of amides is 1. The second kappa shape index (κ2) is 7.24. The predicted molar refractivity (Wildman–Crippen MR) is 81.7 cm³/mol. The van der Waals surface area contributed by atoms with Crippen LogP contribution in [-0.2, 0) is 0 Å². The summed E-state index contributed by atoms with van der Waals surface area (Å²) in [4.78, 5) is 16.2. The molecule has 0 saturated heterocycles. The Balaban J connectivity index is 1.89. The Hall–Kier alpha value is -1.86. The molecule has 4 heteroatoms. The van der Waals surface area contributed by atoms with Crippen LogP contribution in [-0.4, -0.2) is 29.1 Å². The number of aliphatic hydroxyl groups excluding tert-OH is 1. The number of nitrogens with zero attached hydrogens (tertiary/aromatic N) is 1. The predicted octanol–water partition coefficient (Wildman–Crippen LogP) is 2.13. The van der Waals surface area contributed by atoms with E-state index in [2.05, 4.69) is 29.1 Å². The van der Waals surface area contributed by atoms with Crippen LogP contribution in [0.1, 0.15) is 55.1 Å². The van der Waals surface area contributed by atoms with Crippen molar-refractivity contribution in [1.82, 2.24) is 10.3 Å². The second-order valence-corrected chi connectivity index (χ2v) is 5.91. The van der Waals surface area contributed by atoms with Gasteiger partial charge in [-0.25, -0.2) is 4.98 Å². The molecule has 1 aliphatic rings. The summed E-state index contributed by atoms with van der Waals surface area (Å²) in [6, 6.07) is 3.47. The van der Waals surface area contributed by atoms with Crippen LogP contribution in [0.4, 0.5) is 0 Å². The van der Waals surface area contributed by atoms with Gasteiger partial charge in [0.05, 0.1) is 6.61 Å². The summed E-state index contributed by atoms with van der Waals surface area (Å²) in [5.74, 6) is 5.59. The van der Waals surface area contributed by atoms with Crippen LogP contribution in [0.2, 0.25) is 0 Å². The summed E-state index contributed by atoms with van der Waals surface area (Å²) in [7, 11) is 0. The lowest BCUT2D eigenvalue weighted by atomic mass is 9.89. The lowest BCUT2D eigenvalue weighted by molar-refractivity contribution is 0.0929. The van der Waals surface area contributed by atoms with Gasteiger partial charge in [0.2, 0.25) is 0 Å². The van der Waals surface area contributed by atoms with Crippen molar-refractivity contribution < 1.29 is 9.90 Å². The van der Waals surface area contributed by atoms with Gasteiger partial charge in [-0.3, -0.25) is 4.79 Å². The molecule has 0 radical (unpaired) electrons. The molecule has 0 aromatic carbocycles. The van der Waals surface area contributed by atoms with E-state index >= 15 is 0 Å². The maximum absolute atomic E-state index is 12.1. The van der Waals surface area contributed by atoms with Crippen molar-refractivity contribution in [2.24, 2.45) is 5.41 Å². The van der Waals surface area contributed by atoms with E-state index in [0.717, 1.165) is 5.56 Å². The molecule has 1 amide bonds. The van der Waals surface area contributed by atoms with Crippen molar-refractivity contribution in [3.05, 3.63) is 29.6 Å². The number of aliphatic hydroxyl groups is 1. The van der Waals surface area contributed by atoms with Crippen LogP contribution in [0.15, 0.2) is 18.3 Å². The maximum atomic E-state index is 12.1. The van der Waals surface area contributed by atoms with Gasteiger partial charge in [0.25, 0.3) is 5.91 Å². The largest absolute Gasteiger partial charge is 0.395 e. The molecule has 2 rings (SSSR count). The van der Waals surface area contributed by atoms with Crippen molar-refractivity contribution in [2.45, 2.75) is 39.0 Å². The lowest BCUT2D eigenvalue weighted by Crippen LogP contribution is -2.34. The van der Waals surface area contributed by atoms with Crippen LogP contribution in [0, 0.1) is 17.3 Å². The fourth-order valence-electron chi connectivity index (χ4n) is 2.61. The highest BCUT2D eigenvalue weighted by atomic mass is 16.2. The highest BCUT2D eigenvalue weighted by Crippen LogP contribution is 2.36. The molecule has 0 bridgehead atoms. The van der Waals surface area contributed by atoms with Crippen LogP contribution >= 0.6 is 0 Å². The highest BCUT2D eigenvalue weighted by molar-refractivity contribution is 5.92. The topological polar surface area (TPSA) is 62.2 Å². The molecule has 112 valence electrons. The van der Waals surface area contributed by atoms with Gasteiger partial charge in [-0.2, -0.15) is 0 Å². The van der Waals surface area contributed by atoms with E-state index in [4.69, 9.17) is 5.11 Å². The van der Waals surface area contributed by atoms with Crippen molar-refractivity contribution in [3.63, 3.8) is 0 Å². The van der Waals surface area contributed by atoms with Crippen molar-refractivity contribution >= 4 is 5.91 Å². The summed E-state index contributed by atoms with van der Waals surface area (Å²) in [5, 5.41) is 11.6. The standard InChI is InChI=1S/C17H22N2O2/c1-17(9-3-4-10-17)13-19-16(21)15-8-7-14(12-18-15)6-2-5-11-20/h7-8,12,20H,3-5,9-11,13H2,1H3,(H,19,21). The minimum atomic E-state index is -0.127. The molecule has 1 aliphatic carbocycles. The molecule has 2 N–H and O–H groups in total. The number of hydrogen-bond acceptors (Lipinski definition) is 3. The van der Waals surface area contributed by atoms with Gasteiger partial charge in [-0.15, -0.1) is 0 Å². The minimum Gasteiger partial charge on any atom is -0.395 e. The van der Waals surface area contributed by atoms with E-state index in [9.17, 15) is 4.79 Å². The van der Waals surface area contributed by atoms with Crippen LogP contribution in [0.25, 0.3) is 0 Å². The van der Waals surface area contributed by atoms with Crippen LogP contribution in [0.3, 0.4) is 0 Å². The van der Waals surface area contributed by atoms with Gasteiger partial charge in [0.15, 0.2) is 0 Å². The number of hydrogen-bond donors (Lipinski definition) is 2. The Morgan fingerprint density at radius 1 is 1.43 bits per heavy atom. The van der Waals surface area contributed by atoms with E-state index in [1.807, 2.05) is 0 Å². The SMILES string of the molecule is CC1(CNC(=O)c2ccc(C#CCCO)cn2)CCCC1. The Labute approximate surface area is 126 Å². The van der Waals surface area contributed by atoms with Crippen LogP contribution in [0.5, 0.6) is 0 Å². The van der Waals surface area contributed by atoms with Gasteiger partial charge in [-0.1, -0.05) is 31.6 Å². The van der Waals surface area contributed by atoms with Gasteiger partial charge in [0, 0.05) is 24.7 Å². The highest BCUT2D eigenvalue weighted by Gasteiger charge is 2.29. The Morgan fingerprint density at radius 2 is 2.19 bits per heavy atom. The molecule has 1 fully saturated rings. The summed E-state index contributed by atoms with van der Waals surface area (Å²) in [6.07, 6.45) is 6.91. The van der Waals surface area contributed by atoms with Gasteiger partial charge < -0.3 is 10.4 Å². The number of rotatable bonds is 4. The number of pyridine rings is 1. The fraction of sp³-hybridized carbons (Fsp3) is 0.529. The second-order valence-electron chi connectivity index (χ2n) is 5.91. The van der Waals surface area contributed by atoms with Gasteiger partial charge >= 0.3 is 0 Å². The van der Waals surface area contributed by atoms with Crippen molar-refractivity contribution in [2.75, 3.05) is 13.2 Å². The third kappa shape index (κ3) is 4.57. The van der Waals surface area contributed by atoms with Gasteiger partial charge in [-0.05, 0) is 30.4 Å². The monoisotopic (exact) mass is 286 g/mol. The summed E-state index contributed by atoms with van der Waals surface area (Å²) in [6.45, 7) is 3.00. The van der Waals surface area contributed by atoms with Crippen molar-refractivity contribution in [3.8, 4) is 11.8 Å². The molecule has 1 heterocycles. The van der Waals surface area contributed by atoms with E-state index in [0.29, 0.717) is 18.7 Å². The first kappa shape index (κ1) is 15.5. The molecule has 4 nitrogen and oxygen atoms in total. The number of carbonyl (C=O) groups excluding carboxylic acids is 1. The average molecular weight is 286 g/mol. The van der Waals surface area contributed by atoms with E-state index in [-0.39, 0.29) is 17.9 Å². The van der Waals surface area contributed by atoms with E-state index in [1.54, 1.807) is 18.3 Å². The number of aromatic nitrogens is 1. The lowest BCUT2D eigenvalue weighted by Gasteiger charge is -2.23. The summed E-state index contributed by atoms with van der Waals surface area (Å²) >= 11 is 0. The van der Waals surface area contributed by atoms with Crippen molar-refractivity contribution in [1.29, 1.82) is 0 Å². The normalized spacial score (nSPS) is 16.1. The number of nitrogens with one attached hydrogen (secondary N) is 1. The Kier molecular flexibility index (Phi) is 5.35. The molecular formula is C17H22N2O2. The third-order valence-electron chi connectivity index (χ3n) is 3.95. The zero-order valence-electron chi connectivity index (χ0n) is 12.5. The maximum Gasteiger partial charge on any atom is 0.269 e. The molecule has 1 aromatic rings. The molecule has 21 heavy (non-hydrogen) atoms. The molecule has 1 saturated carbocycles. The average Bonchev–Trinajstić information content (AvgIpc) is 2.93. The first-order chi connectivity index (χ1) is 10.1. The zero-order valence-corrected chi connectivity index (χ0v) is 12.5. The van der Waals surface area contributed by atoms with Crippen LogP contribution < -0.4 is 5.32 Å². The molecule has 0 spiro atoms. The first-order valence-electron chi connectivity index (χ1n) is 7.47. The minimum absolute atomic E-state index is 0.0552. The molecular weight excluding hydrogens is 264 g/mol. The quantitative estimate of drug-likeness (QED) is 0.833. The molecule has 0 unspecified atom stereocenters. The van der Waals surface area contributed by atoms with E-state index in [1.165, 1.54) is 25.7 Å². The molecule has 0 aliphatic heterocycles. The summed E-state index contributed by atoms with van der Waals surface area (Å²) in [5.41, 5.74) is 1.41. The fourth-order valence-corrected chi connectivity index (χ4v) is 2.61. The summed E-state index contributed by atoms with van der Waals surface area (Å²) < 4.78 is 0. The smallest absolute Gasteiger partial charge is 0.269 e. The Bertz CT molecular complexity index is 534. The zero-order chi connectivity index (χ0) is 15.1.